The van der Waals surface area contributed by atoms with Crippen LogP contribution in [-0.4, -0.2) is 21.3 Å². The van der Waals surface area contributed by atoms with Gasteiger partial charge < -0.3 is 19.6 Å². The van der Waals surface area contributed by atoms with Crippen LogP contribution in [0.4, 0.5) is 0 Å². The van der Waals surface area contributed by atoms with Crippen molar-refractivity contribution < 1.29 is 64.3 Å². The molecule has 0 aromatic rings. The van der Waals surface area contributed by atoms with Crippen molar-refractivity contribution in [3.05, 3.63) is 12.8 Å². The van der Waals surface area contributed by atoms with Gasteiger partial charge in [0.1, 0.15) is 6.26 Å². The molecule has 0 unspecified atom stereocenters. The van der Waals surface area contributed by atoms with E-state index in [1.807, 2.05) is 0 Å². The summed E-state index contributed by atoms with van der Waals surface area (Å²) in [4.78, 5) is 30.3. The Balaban J connectivity index is 0. The van der Waals surface area contributed by atoms with Crippen molar-refractivity contribution in [3.63, 3.8) is 0 Å². The third-order valence-electron chi connectivity index (χ3n) is 3.40. The molecule has 14 heteroatoms. The predicted octanol–water partition coefficient (Wildman–Crippen LogP) is 4.37. The normalized spacial score (nSPS) is 11.1. The molecule has 0 atom stereocenters. The Hall–Kier alpha value is -0.670. The van der Waals surface area contributed by atoms with E-state index in [1.54, 1.807) is 0 Å². The summed E-state index contributed by atoms with van der Waals surface area (Å²) in [7, 11) is -4.64. The highest BCUT2D eigenvalue weighted by molar-refractivity contribution is 7.45. The van der Waals surface area contributed by atoms with E-state index in [-0.39, 0.29) is 0 Å². The van der Waals surface area contributed by atoms with Gasteiger partial charge >= 0.3 is 7.82 Å². The maximum atomic E-state index is 8.88. The average molecular weight is 466 g/mol. The molecule has 0 bridgehead atoms. The Morgan fingerprint density at radius 2 is 1.03 bits per heavy atom. The highest BCUT2D eigenvalue weighted by Crippen LogP contribution is 2.25. The van der Waals surface area contributed by atoms with Crippen LogP contribution in [0.3, 0.4) is 0 Å². The van der Waals surface area contributed by atoms with Gasteiger partial charge in [0.05, 0.1) is 6.61 Å². The highest BCUT2D eigenvalue weighted by Gasteiger charge is 2.00. The monoisotopic (exact) mass is 466 g/mol. The molecule has 3 N–H and O–H groups in total. The summed E-state index contributed by atoms with van der Waals surface area (Å²) in [5, 5.41) is 27.3. The zero-order valence-corrected chi connectivity index (χ0v) is 18.2. The molecule has 0 rings (SSSR count). The lowest BCUT2D eigenvalue weighted by molar-refractivity contribution is -0.829. The highest BCUT2D eigenvalue weighted by atomic mass is 31.2. The Bertz CT molecular complexity index is 372. The van der Waals surface area contributed by atoms with E-state index in [0.717, 1.165) is 19.1 Å². The molecule has 0 heterocycles. The predicted molar refractivity (Wildman–Crippen MR) is 100 cm³/mol. The number of rotatable bonds is 22. The summed E-state index contributed by atoms with van der Waals surface area (Å²) >= 11 is 0. The molecule has 30 heavy (non-hydrogen) atoms. The van der Waals surface area contributed by atoms with Gasteiger partial charge in [-0.25, -0.2) is 9.45 Å². The van der Waals surface area contributed by atoms with Crippen LogP contribution in [0, 0.1) is 0 Å². The van der Waals surface area contributed by atoms with Crippen LogP contribution in [0.25, 0.3) is 0 Å². The van der Waals surface area contributed by atoms with E-state index < -0.39 is 7.82 Å². The summed E-state index contributed by atoms with van der Waals surface area (Å²) in [6.45, 7) is 5.80. The summed E-state index contributed by atoms with van der Waals surface area (Å²) < 4.78 is 8.88. The van der Waals surface area contributed by atoms with Crippen LogP contribution in [0.5, 0.6) is 0 Å². The maximum absolute atomic E-state index is 8.88. The standard InChI is InChI=1S/C16H32O9.H3O4P/c1-3-5-6-7-8-9-10-11-12-13-14-15-16-18-20-22-24-25-23-21-19-17-4-2;1-5(2,3)4/h4H,2-3,5-16H2,1H3;(H3,1,2,3,4). The summed E-state index contributed by atoms with van der Waals surface area (Å²) in [5.41, 5.74) is 0. The van der Waals surface area contributed by atoms with Crippen molar-refractivity contribution in [1.29, 1.82) is 0 Å². The van der Waals surface area contributed by atoms with Crippen LogP contribution in [0.15, 0.2) is 12.8 Å². The zero-order chi connectivity index (χ0) is 22.8. The molecule has 0 fully saturated rings. The number of hydrogen-bond acceptors (Lipinski definition) is 10. The summed E-state index contributed by atoms with van der Waals surface area (Å²) in [6, 6.07) is 0. The van der Waals surface area contributed by atoms with Gasteiger partial charge in [0.2, 0.25) is 0 Å². The third-order valence-corrected chi connectivity index (χ3v) is 3.40. The van der Waals surface area contributed by atoms with Gasteiger partial charge in [-0.05, 0) is 21.5 Å². The lowest BCUT2D eigenvalue weighted by atomic mass is 10.1. The quantitative estimate of drug-likeness (QED) is 0.0678. The first kappa shape index (κ1) is 31.5. The molecular formula is C16H35O13P. The average Bonchev–Trinajstić information content (AvgIpc) is 2.68. The van der Waals surface area contributed by atoms with E-state index in [4.69, 9.17) is 19.2 Å². The zero-order valence-electron chi connectivity index (χ0n) is 17.3. The number of hydrogen-bond donors (Lipinski definition) is 3. The Kier molecular flexibility index (Phi) is 27.7. The fraction of sp³-hybridized carbons (Fsp3) is 0.875. The van der Waals surface area contributed by atoms with Crippen molar-refractivity contribution in [1.82, 2.24) is 0 Å². The fourth-order valence-electron chi connectivity index (χ4n) is 2.16. The molecule has 182 valence electrons. The van der Waals surface area contributed by atoms with E-state index in [1.165, 1.54) is 64.2 Å². The summed E-state index contributed by atoms with van der Waals surface area (Å²) in [5.74, 6) is 0. The molecule has 0 amide bonds. The molecule has 0 saturated heterocycles. The van der Waals surface area contributed by atoms with Crippen molar-refractivity contribution in [2.24, 2.45) is 0 Å². The van der Waals surface area contributed by atoms with E-state index in [9.17, 15) is 0 Å². The van der Waals surface area contributed by atoms with Crippen molar-refractivity contribution in [2.45, 2.75) is 84.0 Å². The molecule has 0 aromatic heterocycles. The lowest BCUT2D eigenvalue weighted by Gasteiger charge is -2.03. The first-order valence-corrected chi connectivity index (χ1v) is 11.3. The first-order chi connectivity index (χ1) is 14.4. The molecule has 0 aromatic carbocycles. The van der Waals surface area contributed by atoms with E-state index >= 15 is 0 Å². The SMILES string of the molecule is C=COOOOOOOOOCCCCCCCCCCCCCC.O=P(O)(O)O. The molecule has 13 nitrogen and oxygen atoms in total. The van der Waals surface area contributed by atoms with Crippen molar-refractivity contribution in [3.8, 4) is 0 Å². The van der Waals surface area contributed by atoms with Gasteiger partial charge in [-0.3, -0.25) is 0 Å². The largest absolute Gasteiger partial charge is 0.466 e. The van der Waals surface area contributed by atoms with Gasteiger partial charge in [0, 0.05) is 20.2 Å². The van der Waals surface area contributed by atoms with Gasteiger partial charge in [0.25, 0.3) is 0 Å². The number of phosphoric acid groups is 1. The van der Waals surface area contributed by atoms with Crippen molar-refractivity contribution >= 4 is 7.82 Å². The van der Waals surface area contributed by atoms with Gasteiger partial charge in [-0.1, -0.05) is 84.1 Å². The minimum Gasteiger partial charge on any atom is -0.315 e. The summed E-state index contributed by atoms with van der Waals surface area (Å²) in [6.07, 6.45) is 16.2. The van der Waals surface area contributed by atoms with Crippen LogP contribution in [0.2, 0.25) is 0 Å². The van der Waals surface area contributed by atoms with Gasteiger partial charge in [0.15, 0.2) is 0 Å². The lowest BCUT2D eigenvalue weighted by Crippen LogP contribution is -2.02. The van der Waals surface area contributed by atoms with Crippen LogP contribution >= 0.6 is 7.82 Å². The van der Waals surface area contributed by atoms with E-state index in [2.05, 4.69) is 58.5 Å². The van der Waals surface area contributed by atoms with Crippen LogP contribution < -0.4 is 0 Å². The molecule has 0 saturated carbocycles. The van der Waals surface area contributed by atoms with Crippen molar-refractivity contribution in [2.75, 3.05) is 6.61 Å². The minimum absolute atomic E-state index is 0.383. The molecule has 0 radical (unpaired) electrons. The van der Waals surface area contributed by atoms with Crippen LogP contribution in [-0.2, 0) is 49.6 Å². The molecule has 0 spiro atoms. The fourth-order valence-corrected chi connectivity index (χ4v) is 2.16. The van der Waals surface area contributed by atoms with Crippen LogP contribution in [0.1, 0.15) is 84.0 Å². The maximum Gasteiger partial charge on any atom is 0.466 e. The molecule has 0 aliphatic rings. The van der Waals surface area contributed by atoms with Gasteiger partial charge in [-0.2, -0.15) is 0 Å². The van der Waals surface area contributed by atoms with Gasteiger partial charge in [-0.15, -0.1) is 0 Å². The molecular weight excluding hydrogens is 431 g/mol. The first-order valence-electron chi connectivity index (χ1n) is 9.76. The smallest absolute Gasteiger partial charge is 0.315 e. The Labute approximate surface area is 176 Å². The molecule has 0 aliphatic heterocycles. The Morgan fingerprint density at radius 1 is 0.667 bits per heavy atom. The second kappa shape index (κ2) is 26.4. The second-order valence-electron chi connectivity index (χ2n) is 5.96. The number of unbranched alkanes of at least 4 members (excludes halogenated alkanes) is 11. The second-order valence-corrected chi connectivity index (χ2v) is 6.99. The molecule has 0 aliphatic carbocycles. The third kappa shape index (κ3) is 41.6. The van der Waals surface area contributed by atoms with E-state index in [0.29, 0.717) is 6.61 Å². The topological polar surface area (TPSA) is 161 Å². The Morgan fingerprint density at radius 3 is 1.47 bits per heavy atom. The minimum atomic E-state index is -4.64.